The van der Waals surface area contributed by atoms with E-state index in [2.05, 4.69) is 55.6 Å². The molecule has 3 N–H and O–H groups in total. The Morgan fingerprint density at radius 1 is 0.346 bits per heavy atom. The summed E-state index contributed by atoms with van der Waals surface area (Å²) in [5, 5.41) is 23.4. The van der Waals surface area contributed by atoms with Crippen molar-refractivity contribution in [2.75, 3.05) is 13.2 Å². The summed E-state index contributed by atoms with van der Waals surface area (Å²) in [6, 6.07) is -0.543. The van der Waals surface area contributed by atoms with Crippen LogP contribution in [-0.2, 0) is 14.3 Å². The van der Waals surface area contributed by atoms with Gasteiger partial charge in [-0.15, -0.1) is 0 Å². The van der Waals surface area contributed by atoms with E-state index in [4.69, 9.17) is 4.74 Å². The highest BCUT2D eigenvalue weighted by atomic mass is 16.5. The minimum absolute atomic E-state index is 0.00172. The molecule has 0 radical (unpaired) electrons. The molecule has 0 aromatic heterocycles. The molecule has 0 rings (SSSR count). The van der Waals surface area contributed by atoms with Gasteiger partial charge in [0, 0.05) is 12.8 Å². The Hall–Kier alpha value is -1.92. The standard InChI is InChI=1S/C75H143NO5/c1-3-5-7-9-11-13-15-17-19-20-21-22-31-34-37-40-43-47-51-55-59-63-67-73(78)72(71-77)76-74(79)68-64-60-56-52-48-44-41-38-35-32-29-27-25-23-24-26-28-30-33-36-39-42-46-50-54-58-62-66-70-81-75(80)69-65-61-57-53-49-45-18-16-14-12-10-8-6-4-2/h10,12,16,18,23-24,72-73,77-78H,3-9,11,13-15,17,19-22,25-71H2,1-2H3,(H,76,79)/b12-10-,18-16-,24-23-. The van der Waals surface area contributed by atoms with Crippen LogP contribution in [0.3, 0.4) is 0 Å². The fourth-order valence-corrected chi connectivity index (χ4v) is 11.5. The number of unbranched alkanes of at least 4 members (excludes halogenated alkanes) is 52. The van der Waals surface area contributed by atoms with Crippen LogP contribution in [0, 0.1) is 0 Å². The van der Waals surface area contributed by atoms with Gasteiger partial charge in [0.1, 0.15) is 0 Å². The number of allylic oxidation sites excluding steroid dienone is 6. The fraction of sp³-hybridized carbons (Fsp3) is 0.893. The highest BCUT2D eigenvalue weighted by Gasteiger charge is 2.20. The molecule has 0 aromatic rings. The lowest BCUT2D eigenvalue weighted by atomic mass is 10.0. The van der Waals surface area contributed by atoms with Crippen LogP contribution >= 0.6 is 0 Å². The van der Waals surface area contributed by atoms with Crippen LogP contribution in [0.5, 0.6) is 0 Å². The van der Waals surface area contributed by atoms with Crippen molar-refractivity contribution in [2.24, 2.45) is 0 Å². The Kier molecular flexibility index (Phi) is 68.9. The van der Waals surface area contributed by atoms with E-state index in [-0.39, 0.29) is 18.5 Å². The topological polar surface area (TPSA) is 95.9 Å². The van der Waals surface area contributed by atoms with Crippen molar-refractivity contribution in [3.05, 3.63) is 36.5 Å². The van der Waals surface area contributed by atoms with Crippen LogP contribution in [-0.4, -0.2) is 47.4 Å². The number of ether oxygens (including phenoxy) is 1. The summed E-state index contributed by atoms with van der Waals surface area (Å²) in [6.45, 7) is 4.94. The molecule has 2 unspecified atom stereocenters. The molecule has 0 fully saturated rings. The zero-order valence-electron chi connectivity index (χ0n) is 54.8. The predicted octanol–water partition coefficient (Wildman–Crippen LogP) is 23.9. The summed E-state index contributed by atoms with van der Waals surface area (Å²) in [5.41, 5.74) is 0. The molecule has 6 nitrogen and oxygen atoms in total. The van der Waals surface area contributed by atoms with Gasteiger partial charge in [0.15, 0.2) is 0 Å². The van der Waals surface area contributed by atoms with E-state index in [1.54, 1.807) is 0 Å². The SMILES string of the molecule is CCCC/C=C\C/C=C\CCCCCCCC(=O)OCCCCCCCCCCCCCC/C=C\CCCCCCCCCCCCCCC(=O)NC(CO)C(O)CCCCCCCCCCCCCCCCCCCCCCCC. The maximum Gasteiger partial charge on any atom is 0.305 e. The number of hydrogen-bond donors (Lipinski definition) is 3. The van der Waals surface area contributed by atoms with Crippen LogP contribution in [0.4, 0.5) is 0 Å². The summed E-state index contributed by atoms with van der Waals surface area (Å²) >= 11 is 0. The predicted molar refractivity (Wildman–Crippen MR) is 356 cm³/mol. The first-order valence-electron chi connectivity index (χ1n) is 36.7. The molecule has 81 heavy (non-hydrogen) atoms. The number of aliphatic hydroxyl groups excluding tert-OH is 2. The Morgan fingerprint density at radius 3 is 0.988 bits per heavy atom. The zero-order chi connectivity index (χ0) is 58.5. The molecule has 2 atom stereocenters. The van der Waals surface area contributed by atoms with Gasteiger partial charge in [0.25, 0.3) is 0 Å². The third-order valence-corrected chi connectivity index (χ3v) is 17.2. The zero-order valence-corrected chi connectivity index (χ0v) is 54.8. The fourth-order valence-electron chi connectivity index (χ4n) is 11.5. The second-order valence-electron chi connectivity index (χ2n) is 25.3. The molecular weight excluding hydrogens is 995 g/mol. The number of nitrogens with one attached hydrogen (secondary N) is 1. The number of amides is 1. The molecule has 0 aliphatic heterocycles. The molecule has 0 aliphatic rings. The highest BCUT2D eigenvalue weighted by molar-refractivity contribution is 5.76. The van der Waals surface area contributed by atoms with E-state index < -0.39 is 12.1 Å². The van der Waals surface area contributed by atoms with Crippen molar-refractivity contribution in [3.63, 3.8) is 0 Å². The molecule has 0 aliphatic carbocycles. The first-order chi connectivity index (χ1) is 40.0. The first-order valence-corrected chi connectivity index (χ1v) is 36.7. The average Bonchev–Trinajstić information content (AvgIpc) is 3.47. The lowest BCUT2D eigenvalue weighted by Gasteiger charge is -2.22. The van der Waals surface area contributed by atoms with Crippen LogP contribution in [0.25, 0.3) is 0 Å². The molecule has 0 heterocycles. The van der Waals surface area contributed by atoms with Crippen molar-refractivity contribution in [2.45, 2.75) is 418 Å². The molecule has 0 aromatic carbocycles. The molecule has 0 saturated carbocycles. The minimum Gasteiger partial charge on any atom is -0.466 e. The van der Waals surface area contributed by atoms with E-state index in [9.17, 15) is 19.8 Å². The van der Waals surface area contributed by atoms with Crippen LogP contribution < -0.4 is 5.32 Å². The third kappa shape index (κ3) is 67.1. The van der Waals surface area contributed by atoms with E-state index >= 15 is 0 Å². The van der Waals surface area contributed by atoms with Crippen molar-refractivity contribution in [3.8, 4) is 0 Å². The van der Waals surface area contributed by atoms with Gasteiger partial charge in [-0.05, 0) is 77.0 Å². The molecule has 478 valence electrons. The Labute approximate surface area is 506 Å². The van der Waals surface area contributed by atoms with Crippen LogP contribution in [0.15, 0.2) is 36.5 Å². The van der Waals surface area contributed by atoms with Gasteiger partial charge >= 0.3 is 5.97 Å². The third-order valence-electron chi connectivity index (χ3n) is 17.2. The van der Waals surface area contributed by atoms with Crippen LogP contribution in [0.1, 0.15) is 406 Å². The van der Waals surface area contributed by atoms with Crippen LogP contribution in [0.2, 0.25) is 0 Å². The molecule has 0 bridgehead atoms. The molecule has 1 amide bonds. The van der Waals surface area contributed by atoms with Crippen molar-refractivity contribution in [1.29, 1.82) is 0 Å². The second kappa shape index (κ2) is 70.6. The van der Waals surface area contributed by atoms with Gasteiger partial charge < -0.3 is 20.3 Å². The monoisotopic (exact) mass is 1140 g/mol. The van der Waals surface area contributed by atoms with Gasteiger partial charge in [0.05, 0.1) is 25.4 Å². The lowest BCUT2D eigenvalue weighted by molar-refractivity contribution is -0.143. The van der Waals surface area contributed by atoms with Gasteiger partial charge in [-0.2, -0.15) is 0 Å². The Morgan fingerprint density at radius 2 is 0.630 bits per heavy atom. The molecule has 0 saturated heterocycles. The maximum atomic E-state index is 12.6. The van der Waals surface area contributed by atoms with E-state index in [0.717, 1.165) is 51.4 Å². The van der Waals surface area contributed by atoms with E-state index in [1.807, 2.05) is 0 Å². The number of hydrogen-bond acceptors (Lipinski definition) is 5. The maximum absolute atomic E-state index is 12.6. The van der Waals surface area contributed by atoms with Crippen molar-refractivity contribution < 1.29 is 24.5 Å². The largest absolute Gasteiger partial charge is 0.466 e. The van der Waals surface area contributed by atoms with Gasteiger partial charge in [0.2, 0.25) is 5.91 Å². The van der Waals surface area contributed by atoms with Gasteiger partial charge in [-0.1, -0.05) is 352 Å². The summed E-state index contributed by atoms with van der Waals surface area (Å²) in [4.78, 5) is 24.6. The number of carbonyl (C=O) groups excluding carboxylic acids is 2. The lowest BCUT2D eigenvalue weighted by Crippen LogP contribution is -2.45. The summed E-state index contributed by atoms with van der Waals surface area (Å²) < 4.78 is 5.48. The second-order valence-corrected chi connectivity index (χ2v) is 25.3. The molecule has 6 heteroatoms. The normalized spacial score (nSPS) is 12.7. The van der Waals surface area contributed by atoms with E-state index in [0.29, 0.717) is 25.9 Å². The average molecular weight is 1140 g/mol. The Balaban J connectivity index is 3.39. The van der Waals surface area contributed by atoms with Gasteiger partial charge in [-0.3, -0.25) is 9.59 Å². The first kappa shape index (κ1) is 79.1. The van der Waals surface area contributed by atoms with Gasteiger partial charge in [-0.25, -0.2) is 0 Å². The number of esters is 1. The Bertz CT molecular complexity index is 1310. The number of rotatable bonds is 69. The summed E-state index contributed by atoms with van der Waals surface area (Å²) in [5.74, 6) is -0.0288. The van der Waals surface area contributed by atoms with Crippen molar-refractivity contribution >= 4 is 11.9 Å². The quantitative estimate of drug-likeness (QED) is 0.0320. The van der Waals surface area contributed by atoms with Crippen molar-refractivity contribution in [1.82, 2.24) is 5.32 Å². The smallest absolute Gasteiger partial charge is 0.305 e. The summed E-state index contributed by atoms with van der Waals surface area (Å²) in [7, 11) is 0. The minimum atomic E-state index is -0.666. The van der Waals surface area contributed by atoms with E-state index in [1.165, 1.54) is 321 Å². The summed E-state index contributed by atoms with van der Waals surface area (Å²) in [6.07, 6.45) is 90.6. The number of carbonyl (C=O) groups is 2. The molecule has 0 spiro atoms. The molecular formula is C75H143NO5. The highest BCUT2D eigenvalue weighted by Crippen LogP contribution is 2.19. The number of aliphatic hydroxyl groups is 2.